The molecule has 17 heavy (non-hydrogen) atoms. The molecule has 0 saturated carbocycles. The van der Waals surface area contributed by atoms with Gasteiger partial charge in [0, 0.05) is 24.0 Å². The predicted octanol–water partition coefficient (Wildman–Crippen LogP) is 1.40. The Morgan fingerprint density at radius 2 is 2.41 bits per heavy atom. The summed E-state index contributed by atoms with van der Waals surface area (Å²) in [5.41, 5.74) is 0.862. The molecule has 0 aliphatic carbocycles. The van der Waals surface area contributed by atoms with Crippen LogP contribution in [0.1, 0.15) is 10.4 Å². The second-order valence-corrected chi connectivity index (χ2v) is 4.88. The molecule has 0 spiro atoms. The Bertz CT molecular complexity index is 519. The van der Waals surface area contributed by atoms with E-state index in [0.29, 0.717) is 6.54 Å². The lowest BCUT2D eigenvalue weighted by atomic mass is 10.3. The van der Waals surface area contributed by atoms with Crippen molar-refractivity contribution in [3.05, 3.63) is 50.6 Å². The number of aryl methyl sites for hydroxylation is 1. The van der Waals surface area contributed by atoms with Gasteiger partial charge < -0.3 is 5.32 Å². The summed E-state index contributed by atoms with van der Waals surface area (Å²) in [5.74, 6) is 0. The monoisotopic (exact) mass is 249 g/mol. The molecule has 0 radical (unpaired) electrons. The Kier molecular flexibility index (Phi) is 4.06. The molecule has 5 heteroatoms. The van der Waals surface area contributed by atoms with Crippen LogP contribution < -0.4 is 10.9 Å². The lowest BCUT2D eigenvalue weighted by molar-refractivity contribution is 0.532. The van der Waals surface area contributed by atoms with Crippen molar-refractivity contribution in [3.63, 3.8) is 0 Å². The molecule has 0 unspecified atom stereocenters. The molecule has 2 aromatic rings. The molecule has 2 rings (SSSR count). The van der Waals surface area contributed by atoms with Crippen LogP contribution in [0.15, 0.2) is 34.6 Å². The highest BCUT2D eigenvalue weighted by Crippen LogP contribution is 2.06. The molecule has 2 heterocycles. The molecule has 0 saturated heterocycles. The van der Waals surface area contributed by atoms with Gasteiger partial charge in [-0.25, -0.2) is 4.68 Å². The quantitative estimate of drug-likeness (QED) is 0.815. The van der Waals surface area contributed by atoms with Crippen LogP contribution >= 0.6 is 11.3 Å². The van der Waals surface area contributed by atoms with Gasteiger partial charge in [0.1, 0.15) is 0 Å². The van der Waals surface area contributed by atoms with E-state index in [4.69, 9.17) is 0 Å². The van der Waals surface area contributed by atoms with Crippen molar-refractivity contribution < 1.29 is 0 Å². The smallest absolute Gasteiger partial charge is 0.267 e. The van der Waals surface area contributed by atoms with Gasteiger partial charge >= 0.3 is 0 Å². The van der Waals surface area contributed by atoms with E-state index in [1.165, 1.54) is 9.56 Å². The molecular formula is C12H15N3OS. The highest BCUT2D eigenvalue weighted by Gasteiger charge is 1.97. The standard InChI is InChI=1S/C12H15N3OS/c1-10-7-12(16)15(14-8-10)5-4-13-9-11-3-2-6-17-11/h2-3,6-8,13H,4-5,9H2,1H3. The molecule has 0 aliphatic heterocycles. The summed E-state index contributed by atoms with van der Waals surface area (Å²) < 4.78 is 1.48. The summed E-state index contributed by atoms with van der Waals surface area (Å²) in [5, 5.41) is 9.43. The summed E-state index contributed by atoms with van der Waals surface area (Å²) in [7, 11) is 0. The molecule has 0 atom stereocenters. The van der Waals surface area contributed by atoms with Crippen LogP contribution in [0.2, 0.25) is 0 Å². The van der Waals surface area contributed by atoms with E-state index in [-0.39, 0.29) is 5.56 Å². The van der Waals surface area contributed by atoms with Crippen LogP contribution in [0.3, 0.4) is 0 Å². The first-order valence-electron chi connectivity index (χ1n) is 5.52. The minimum Gasteiger partial charge on any atom is -0.310 e. The summed E-state index contributed by atoms with van der Waals surface area (Å²) in [6.45, 7) is 4.06. The zero-order chi connectivity index (χ0) is 12.1. The summed E-state index contributed by atoms with van der Waals surface area (Å²) >= 11 is 1.73. The third-order valence-electron chi connectivity index (χ3n) is 2.39. The van der Waals surface area contributed by atoms with E-state index in [2.05, 4.69) is 21.9 Å². The van der Waals surface area contributed by atoms with Gasteiger partial charge in [-0.3, -0.25) is 4.79 Å². The summed E-state index contributed by atoms with van der Waals surface area (Å²) in [6.07, 6.45) is 1.71. The minimum absolute atomic E-state index is 0.0390. The number of aromatic nitrogens is 2. The first kappa shape index (κ1) is 12.0. The van der Waals surface area contributed by atoms with E-state index < -0.39 is 0 Å². The Balaban J connectivity index is 1.80. The number of thiophene rings is 1. The average Bonchev–Trinajstić information content (AvgIpc) is 2.79. The van der Waals surface area contributed by atoms with Crippen LogP contribution in [-0.2, 0) is 13.1 Å². The maximum absolute atomic E-state index is 11.5. The van der Waals surface area contributed by atoms with Gasteiger partial charge in [-0.2, -0.15) is 5.10 Å². The van der Waals surface area contributed by atoms with Crippen molar-refractivity contribution >= 4 is 11.3 Å². The van der Waals surface area contributed by atoms with Crippen LogP contribution in [0.4, 0.5) is 0 Å². The van der Waals surface area contributed by atoms with Gasteiger partial charge in [0.2, 0.25) is 0 Å². The maximum Gasteiger partial charge on any atom is 0.267 e. The normalized spacial score (nSPS) is 10.6. The fourth-order valence-corrected chi connectivity index (χ4v) is 2.18. The van der Waals surface area contributed by atoms with Crippen molar-refractivity contribution in [2.24, 2.45) is 0 Å². The topological polar surface area (TPSA) is 46.9 Å². The number of hydrogen-bond donors (Lipinski definition) is 1. The highest BCUT2D eigenvalue weighted by atomic mass is 32.1. The Labute approximate surface area is 104 Å². The lowest BCUT2D eigenvalue weighted by Crippen LogP contribution is -2.28. The molecule has 0 aromatic carbocycles. The molecule has 2 aromatic heterocycles. The molecule has 0 fully saturated rings. The zero-order valence-electron chi connectivity index (χ0n) is 9.72. The third kappa shape index (κ3) is 3.51. The van der Waals surface area contributed by atoms with E-state index in [9.17, 15) is 4.79 Å². The van der Waals surface area contributed by atoms with E-state index >= 15 is 0 Å². The maximum atomic E-state index is 11.5. The van der Waals surface area contributed by atoms with Crippen LogP contribution in [-0.4, -0.2) is 16.3 Å². The Hall–Kier alpha value is -1.46. The highest BCUT2D eigenvalue weighted by molar-refractivity contribution is 7.09. The van der Waals surface area contributed by atoms with Crippen molar-refractivity contribution in [2.75, 3.05) is 6.54 Å². The number of rotatable bonds is 5. The lowest BCUT2D eigenvalue weighted by Gasteiger charge is -2.05. The van der Waals surface area contributed by atoms with Crippen LogP contribution in [0.25, 0.3) is 0 Å². The second-order valence-electron chi connectivity index (χ2n) is 3.85. The van der Waals surface area contributed by atoms with Gasteiger partial charge in [-0.1, -0.05) is 6.07 Å². The van der Waals surface area contributed by atoms with E-state index in [1.807, 2.05) is 13.0 Å². The number of nitrogens with one attached hydrogen (secondary N) is 1. The molecule has 0 bridgehead atoms. The molecule has 4 nitrogen and oxygen atoms in total. The van der Waals surface area contributed by atoms with Gasteiger partial charge in [-0.05, 0) is 23.9 Å². The Morgan fingerprint density at radius 3 is 3.12 bits per heavy atom. The van der Waals surface area contributed by atoms with Crippen molar-refractivity contribution in [1.82, 2.24) is 15.1 Å². The largest absolute Gasteiger partial charge is 0.310 e. The number of nitrogens with zero attached hydrogens (tertiary/aromatic N) is 2. The first-order chi connectivity index (χ1) is 8.25. The minimum atomic E-state index is -0.0390. The third-order valence-corrected chi connectivity index (χ3v) is 3.26. The summed E-state index contributed by atoms with van der Waals surface area (Å²) in [4.78, 5) is 12.8. The summed E-state index contributed by atoms with van der Waals surface area (Å²) in [6, 6.07) is 5.73. The molecule has 0 aliphatic rings. The zero-order valence-corrected chi connectivity index (χ0v) is 10.5. The predicted molar refractivity (Wildman–Crippen MR) is 69.3 cm³/mol. The van der Waals surface area contributed by atoms with E-state index in [0.717, 1.165) is 18.7 Å². The van der Waals surface area contributed by atoms with Gasteiger partial charge in [0.25, 0.3) is 5.56 Å². The number of hydrogen-bond acceptors (Lipinski definition) is 4. The second kappa shape index (κ2) is 5.75. The Morgan fingerprint density at radius 1 is 1.53 bits per heavy atom. The van der Waals surface area contributed by atoms with Crippen molar-refractivity contribution in [2.45, 2.75) is 20.0 Å². The SMILES string of the molecule is Cc1cnn(CCNCc2cccs2)c(=O)c1. The van der Waals surface area contributed by atoms with Gasteiger partial charge in [0.15, 0.2) is 0 Å². The van der Waals surface area contributed by atoms with Crippen LogP contribution in [0.5, 0.6) is 0 Å². The molecular weight excluding hydrogens is 234 g/mol. The van der Waals surface area contributed by atoms with Crippen molar-refractivity contribution in [1.29, 1.82) is 0 Å². The van der Waals surface area contributed by atoms with Gasteiger partial charge in [-0.15, -0.1) is 11.3 Å². The fraction of sp³-hybridized carbons (Fsp3) is 0.333. The van der Waals surface area contributed by atoms with Gasteiger partial charge in [0.05, 0.1) is 12.7 Å². The molecule has 1 N–H and O–H groups in total. The van der Waals surface area contributed by atoms with Crippen LogP contribution in [0, 0.1) is 6.92 Å². The first-order valence-corrected chi connectivity index (χ1v) is 6.40. The van der Waals surface area contributed by atoms with E-state index in [1.54, 1.807) is 23.6 Å². The average molecular weight is 249 g/mol. The molecule has 90 valence electrons. The fourth-order valence-electron chi connectivity index (χ4n) is 1.50. The van der Waals surface area contributed by atoms with Crippen molar-refractivity contribution in [3.8, 4) is 0 Å². The molecule has 0 amide bonds.